The zero-order valence-electron chi connectivity index (χ0n) is 22.5. The van der Waals surface area contributed by atoms with Gasteiger partial charge in [-0.05, 0) is 64.1 Å². The van der Waals surface area contributed by atoms with E-state index in [1.165, 1.54) is 6.33 Å². The number of likely N-dealkylation sites (N-methyl/N-ethyl adjacent to an activating group) is 1. The Labute approximate surface area is 235 Å². The van der Waals surface area contributed by atoms with E-state index < -0.39 is 5.54 Å². The number of nitrogen functional groups attached to an aromatic ring is 1. The molecule has 6 rings (SSSR count). The quantitative estimate of drug-likeness (QED) is 0.268. The number of piperidine rings is 1. The van der Waals surface area contributed by atoms with Crippen LogP contribution in [-0.2, 0) is 4.79 Å². The van der Waals surface area contributed by atoms with E-state index in [4.69, 9.17) is 26.9 Å². The average Bonchev–Trinajstić information content (AvgIpc) is 3.55. The van der Waals surface area contributed by atoms with Crippen LogP contribution < -0.4 is 16.4 Å². The number of anilines is 3. The maximum atomic E-state index is 12.9. The van der Waals surface area contributed by atoms with Gasteiger partial charge in [0.25, 0.3) is 6.01 Å². The second kappa shape index (κ2) is 10.1. The smallest absolute Gasteiger partial charge is 0.300 e. The fourth-order valence-corrected chi connectivity index (χ4v) is 5.22. The summed E-state index contributed by atoms with van der Waals surface area (Å²) in [6, 6.07) is 13.5. The summed E-state index contributed by atoms with van der Waals surface area (Å²) in [5.74, 6) is 0.475. The second-order valence-electron chi connectivity index (χ2n) is 10.5. The highest BCUT2D eigenvalue weighted by Crippen LogP contribution is 2.35. The number of nitrogens with zero attached hydrogens (tertiary/aromatic N) is 6. The van der Waals surface area contributed by atoms with Gasteiger partial charge in [0.2, 0.25) is 5.91 Å². The van der Waals surface area contributed by atoms with Crippen molar-refractivity contribution in [2.45, 2.75) is 38.3 Å². The van der Waals surface area contributed by atoms with Crippen LogP contribution in [0.15, 0.2) is 53.2 Å². The molecule has 0 aliphatic carbocycles. The summed E-state index contributed by atoms with van der Waals surface area (Å²) >= 11 is 6.06. The number of rotatable bonds is 6. The number of aromatic nitrogens is 5. The number of nitrogens with one attached hydrogen (secondary N) is 2. The fourth-order valence-electron chi connectivity index (χ4n) is 5.06. The molecule has 2 aromatic carbocycles. The van der Waals surface area contributed by atoms with E-state index in [2.05, 4.69) is 25.6 Å². The van der Waals surface area contributed by atoms with Gasteiger partial charge in [0.1, 0.15) is 23.4 Å². The van der Waals surface area contributed by atoms with Gasteiger partial charge in [-0.25, -0.2) is 14.6 Å². The van der Waals surface area contributed by atoms with Crippen LogP contribution in [0.4, 0.5) is 17.5 Å². The minimum absolute atomic E-state index is 0.0842. The number of fused-ring (bicyclic) bond motifs is 2. The van der Waals surface area contributed by atoms with E-state index in [-0.39, 0.29) is 11.9 Å². The maximum absolute atomic E-state index is 12.9. The molecule has 1 amide bonds. The average molecular weight is 560 g/mol. The second-order valence-corrected chi connectivity index (χ2v) is 10.9. The molecule has 12 heteroatoms. The lowest BCUT2D eigenvalue weighted by molar-refractivity contribution is -0.138. The molecule has 1 fully saturated rings. The van der Waals surface area contributed by atoms with E-state index in [1.54, 1.807) is 25.2 Å². The highest BCUT2D eigenvalue weighted by molar-refractivity contribution is 6.31. The summed E-state index contributed by atoms with van der Waals surface area (Å²) in [5.41, 5.74) is 10.1. The molecule has 0 unspecified atom stereocenters. The molecule has 1 aliphatic heterocycles. The number of amides is 1. The van der Waals surface area contributed by atoms with Crippen LogP contribution in [0.5, 0.6) is 0 Å². The van der Waals surface area contributed by atoms with Crippen molar-refractivity contribution in [3.63, 3.8) is 0 Å². The third-order valence-corrected chi connectivity index (χ3v) is 7.77. The Morgan fingerprint density at radius 1 is 1.12 bits per heavy atom. The van der Waals surface area contributed by atoms with Crippen LogP contribution in [0.3, 0.4) is 0 Å². The normalized spacial score (nSPS) is 14.8. The molecule has 3 aromatic heterocycles. The van der Waals surface area contributed by atoms with Crippen LogP contribution >= 0.6 is 11.6 Å². The summed E-state index contributed by atoms with van der Waals surface area (Å²) in [5, 5.41) is 12.6. The number of hydrogen-bond donors (Lipinski definition) is 3. The van der Waals surface area contributed by atoms with Gasteiger partial charge in [-0.15, -0.1) is 0 Å². The zero-order chi connectivity index (χ0) is 28.0. The zero-order valence-corrected chi connectivity index (χ0v) is 23.2. The number of carbonyl (C=O) groups excluding carboxylic acids is 1. The minimum atomic E-state index is -0.602. The van der Waals surface area contributed by atoms with Crippen LogP contribution in [0.1, 0.15) is 32.7 Å². The number of nitrogens with two attached hydrogens (primary N) is 1. The molecule has 4 heterocycles. The molecule has 40 heavy (non-hydrogen) atoms. The van der Waals surface area contributed by atoms with Gasteiger partial charge in [-0.3, -0.25) is 4.79 Å². The van der Waals surface area contributed by atoms with Crippen molar-refractivity contribution in [3.8, 4) is 11.3 Å². The molecular formula is C28H30ClN9O2. The summed E-state index contributed by atoms with van der Waals surface area (Å²) in [6.07, 6.45) is 3.00. The molecule has 0 saturated carbocycles. The molecular weight excluding hydrogens is 530 g/mol. The van der Waals surface area contributed by atoms with E-state index in [9.17, 15) is 4.79 Å². The van der Waals surface area contributed by atoms with E-state index >= 15 is 0 Å². The van der Waals surface area contributed by atoms with Crippen LogP contribution in [0.2, 0.25) is 5.02 Å². The van der Waals surface area contributed by atoms with Gasteiger partial charge < -0.3 is 25.7 Å². The van der Waals surface area contributed by atoms with Crippen LogP contribution in [0.25, 0.3) is 33.4 Å². The SMILES string of the molecule is CNC(C)(C)C(=O)N1CCC(n2nc(-c3ccc(Nc4nc5cc(Cl)ccc5o4)cc3)c3c(N)ncnc32)CC1. The Morgan fingerprint density at radius 2 is 1.88 bits per heavy atom. The Hall–Kier alpha value is -4.22. The molecule has 0 bridgehead atoms. The first kappa shape index (κ1) is 26.0. The van der Waals surface area contributed by atoms with E-state index in [0.29, 0.717) is 57.8 Å². The third kappa shape index (κ3) is 4.71. The predicted octanol–water partition coefficient (Wildman–Crippen LogP) is 4.78. The molecule has 1 aliphatic rings. The largest absolute Gasteiger partial charge is 0.423 e. The third-order valence-electron chi connectivity index (χ3n) is 7.53. The Balaban J connectivity index is 1.25. The monoisotopic (exact) mass is 559 g/mol. The summed E-state index contributed by atoms with van der Waals surface area (Å²) in [6.45, 7) is 5.10. The standard InChI is InChI=1S/C28H30ClN9O2/c1-28(2,31-3)26(39)37-12-10-19(11-13-37)38-25-22(24(30)32-15-33-25)23(36-38)16-4-7-18(8-5-16)34-27-35-20-14-17(29)6-9-21(20)40-27/h4-9,14-15,19,31H,10-13H2,1-3H3,(H,34,35)(H2,30,32,33). The molecule has 0 spiro atoms. The van der Waals surface area contributed by atoms with Crippen molar-refractivity contribution >= 4 is 57.2 Å². The summed E-state index contributed by atoms with van der Waals surface area (Å²) in [7, 11) is 1.81. The van der Waals surface area contributed by atoms with Gasteiger partial charge in [-0.2, -0.15) is 10.1 Å². The van der Waals surface area contributed by atoms with Gasteiger partial charge in [0.05, 0.1) is 17.0 Å². The molecule has 0 radical (unpaired) electrons. The van der Waals surface area contributed by atoms with Gasteiger partial charge in [-0.1, -0.05) is 23.7 Å². The number of carbonyl (C=O) groups is 1. The van der Waals surface area contributed by atoms with Gasteiger partial charge in [0, 0.05) is 29.4 Å². The van der Waals surface area contributed by atoms with Crippen molar-refractivity contribution in [2.24, 2.45) is 0 Å². The van der Waals surface area contributed by atoms with Crippen molar-refractivity contribution in [2.75, 3.05) is 31.2 Å². The molecule has 1 saturated heterocycles. The highest BCUT2D eigenvalue weighted by Gasteiger charge is 2.34. The van der Waals surface area contributed by atoms with E-state index in [1.807, 2.05) is 47.7 Å². The molecule has 4 N–H and O–H groups in total. The minimum Gasteiger partial charge on any atom is -0.423 e. The van der Waals surface area contributed by atoms with E-state index in [0.717, 1.165) is 24.1 Å². The van der Waals surface area contributed by atoms with Crippen LogP contribution in [0, 0.1) is 0 Å². The number of hydrogen-bond acceptors (Lipinski definition) is 9. The highest BCUT2D eigenvalue weighted by atomic mass is 35.5. The Bertz CT molecular complexity index is 1700. The first-order chi connectivity index (χ1) is 19.2. The topological polar surface area (TPSA) is 140 Å². The molecule has 11 nitrogen and oxygen atoms in total. The first-order valence-corrected chi connectivity index (χ1v) is 13.5. The first-order valence-electron chi connectivity index (χ1n) is 13.1. The molecule has 5 aromatic rings. The molecule has 0 atom stereocenters. The summed E-state index contributed by atoms with van der Waals surface area (Å²) in [4.78, 5) is 28.1. The van der Waals surface area contributed by atoms with Crippen molar-refractivity contribution in [3.05, 3.63) is 53.8 Å². The lowest BCUT2D eigenvalue weighted by atomic mass is 9.99. The number of oxazole rings is 1. The fraction of sp³-hybridized carbons (Fsp3) is 0.321. The van der Waals surface area contributed by atoms with Gasteiger partial charge in [0.15, 0.2) is 11.2 Å². The van der Waals surface area contributed by atoms with Crippen molar-refractivity contribution in [1.29, 1.82) is 0 Å². The lowest BCUT2D eigenvalue weighted by Gasteiger charge is -2.37. The Kier molecular flexibility index (Phi) is 6.55. The van der Waals surface area contributed by atoms with Crippen molar-refractivity contribution in [1.82, 2.24) is 34.9 Å². The predicted molar refractivity (Wildman–Crippen MR) is 155 cm³/mol. The van der Waals surface area contributed by atoms with Crippen molar-refractivity contribution < 1.29 is 9.21 Å². The number of likely N-dealkylation sites (tertiary alicyclic amines) is 1. The number of benzene rings is 2. The van der Waals surface area contributed by atoms with Crippen LogP contribution in [-0.4, -0.2) is 61.2 Å². The Morgan fingerprint density at radius 3 is 2.60 bits per heavy atom. The summed E-state index contributed by atoms with van der Waals surface area (Å²) < 4.78 is 7.72. The molecule has 206 valence electrons. The lowest BCUT2D eigenvalue weighted by Crippen LogP contribution is -2.54. The van der Waals surface area contributed by atoms with Gasteiger partial charge >= 0.3 is 0 Å². The number of halogens is 1. The maximum Gasteiger partial charge on any atom is 0.300 e.